The summed E-state index contributed by atoms with van der Waals surface area (Å²) in [6.07, 6.45) is 1.31. The summed E-state index contributed by atoms with van der Waals surface area (Å²) in [4.78, 5) is 29.5. The molecular formula is C26H26N4O2S. The largest absolute Gasteiger partial charge is 0.385 e. The lowest BCUT2D eigenvalue weighted by molar-refractivity contribution is -0.115. The van der Waals surface area contributed by atoms with Crippen molar-refractivity contribution >= 4 is 39.9 Å². The van der Waals surface area contributed by atoms with Gasteiger partial charge in [0.25, 0.3) is 5.56 Å². The van der Waals surface area contributed by atoms with E-state index in [9.17, 15) is 9.59 Å². The molecule has 0 aliphatic carbocycles. The van der Waals surface area contributed by atoms with Crippen molar-refractivity contribution < 1.29 is 4.79 Å². The zero-order chi connectivity index (χ0) is 23.2. The number of anilines is 2. The quantitative estimate of drug-likeness (QED) is 0.294. The van der Waals surface area contributed by atoms with Crippen molar-refractivity contribution in [2.75, 3.05) is 11.1 Å². The topological polar surface area (TPSA) is 90.0 Å². The Balaban J connectivity index is 1.56. The molecule has 0 saturated heterocycles. The normalized spacial score (nSPS) is 11.9. The molecule has 0 radical (unpaired) electrons. The molecule has 0 bridgehead atoms. The third-order valence-corrected chi connectivity index (χ3v) is 6.80. The van der Waals surface area contributed by atoms with E-state index in [4.69, 9.17) is 5.73 Å². The van der Waals surface area contributed by atoms with Crippen LogP contribution in [0.15, 0.2) is 88.8 Å². The van der Waals surface area contributed by atoms with Gasteiger partial charge in [-0.2, -0.15) is 4.98 Å². The number of nitrogens with two attached hydrogens (primary N) is 1. The molecule has 4 rings (SSSR count). The number of carbonyl (C=O) groups is 1. The number of hydrogen-bond donors (Lipinski definition) is 2. The van der Waals surface area contributed by atoms with Gasteiger partial charge in [0.1, 0.15) is 5.82 Å². The zero-order valence-corrected chi connectivity index (χ0v) is 19.2. The molecular weight excluding hydrogens is 432 g/mol. The Morgan fingerprint density at radius 2 is 1.79 bits per heavy atom. The fraction of sp³-hybridized carbons (Fsp3) is 0.192. The third-order valence-electron chi connectivity index (χ3n) is 5.45. The molecule has 1 atom stereocenters. The number of aromatic nitrogens is 2. The molecule has 7 heteroatoms. The second kappa shape index (κ2) is 10.4. The monoisotopic (exact) mass is 458 g/mol. The van der Waals surface area contributed by atoms with E-state index < -0.39 is 10.8 Å². The molecule has 3 aromatic carbocycles. The highest BCUT2D eigenvalue weighted by atomic mass is 32.2. The van der Waals surface area contributed by atoms with Crippen LogP contribution in [0.4, 0.5) is 11.5 Å². The third kappa shape index (κ3) is 5.43. The second-order valence-corrected chi connectivity index (χ2v) is 8.89. The average molecular weight is 459 g/mol. The fourth-order valence-corrected chi connectivity index (χ4v) is 4.75. The molecule has 1 heterocycles. The first-order valence-corrected chi connectivity index (χ1v) is 11.8. The van der Waals surface area contributed by atoms with Gasteiger partial charge in [0.05, 0.1) is 5.25 Å². The summed E-state index contributed by atoms with van der Waals surface area (Å²) >= 11 is 1.27. The lowest BCUT2D eigenvalue weighted by Crippen LogP contribution is -2.27. The molecule has 0 saturated carbocycles. The van der Waals surface area contributed by atoms with Crippen molar-refractivity contribution in [2.24, 2.45) is 0 Å². The Labute approximate surface area is 196 Å². The number of carbonyl (C=O) groups excluding carboxylic acids is 1. The summed E-state index contributed by atoms with van der Waals surface area (Å²) in [6.45, 7) is 2.51. The number of nitrogens with one attached hydrogen (secondary N) is 1. The van der Waals surface area contributed by atoms with E-state index in [2.05, 4.69) is 10.3 Å². The summed E-state index contributed by atoms with van der Waals surface area (Å²) in [6, 6.07) is 25.1. The van der Waals surface area contributed by atoms with Gasteiger partial charge in [-0.15, -0.1) is 0 Å². The van der Waals surface area contributed by atoms with Crippen LogP contribution in [0.5, 0.6) is 0 Å². The van der Waals surface area contributed by atoms with Crippen LogP contribution in [0.2, 0.25) is 0 Å². The Bertz CT molecular complexity index is 1320. The summed E-state index contributed by atoms with van der Waals surface area (Å²) in [5, 5.41) is 5.12. The first kappa shape index (κ1) is 22.6. The highest BCUT2D eigenvalue weighted by Crippen LogP contribution is 2.28. The van der Waals surface area contributed by atoms with E-state index in [0.29, 0.717) is 23.9 Å². The molecule has 0 unspecified atom stereocenters. The van der Waals surface area contributed by atoms with Crippen LogP contribution in [0, 0.1) is 0 Å². The number of aryl methyl sites for hydroxylation is 1. The molecule has 0 aliphatic heterocycles. The van der Waals surface area contributed by atoms with E-state index in [1.165, 1.54) is 17.8 Å². The van der Waals surface area contributed by atoms with Gasteiger partial charge < -0.3 is 15.6 Å². The maximum absolute atomic E-state index is 13.2. The number of nitrogen functional groups attached to an aromatic ring is 1. The predicted molar refractivity (Wildman–Crippen MR) is 136 cm³/mol. The van der Waals surface area contributed by atoms with E-state index in [-0.39, 0.29) is 5.91 Å². The van der Waals surface area contributed by atoms with Gasteiger partial charge in [0, 0.05) is 23.7 Å². The molecule has 1 amide bonds. The molecule has 3 N–H and O–H groups in total. The zero-order valence-electron chi connectivity index (χ0n) is 18.4. The van der Waals surface area contributed by atoms with Crippen molar-refractivity contribution in [3.8, 4) is 0 Å². The van der Waals surface area contributed by atoms with Gasteiger partial charge in [-0.25, -0.2) is 0 Å². The van der Waals surface area contributed by atoms with Crippen LogP contribution in [0.3, 0.4) is 0 Å². The van der Waals surface area contributed by atoms with Gasteiger partial charge in [0.2, 0.25) is 5.91 Å². The number of thioether (sulfide) groups is 1. The van der Waals surface area contributed by atoms with Gasteiger partial charge in [-0.1, -0.05) is 85.4 Å². The molecule has 1 aromatic heterocycles. The van der Waals surface area contributed by atoms with Crippen molar-refractivity contribution in [3.63, 3.8) is 0 Å². The molecule has 0 fully saturated rings. The van der Waals surface area contributed by atoms with Crippen molar-refractivity contribution in [1.82, 2.24) is 9.55 Å². The number of rotatable bonds is 8. The SMILES string of the molecule is CC[C@H](Sc1nc(=O)cc(N)n1CCc1ccccc1)C(=O)Nc1cccc2ccccc12. The highest BCUT2D eigenvalue weighted by Gasteiger charge is 2.22. The standard InChI is InChI=1S/C26H26N4O2S/c1-2-22(25(32)28-21-14-8-12-19-11-6-7-13-20(19)21)33-26-29-24(31)17-23(27)30(26)16-15-18-9-4-3-5-10-18/h3-14,17,22H,2,15-16,27H2,1H3,(H,28,32)/t22-/m0/s1. The minimum atomic E-state index is -0.430. The molecule has 33 heavy (non-hydrogen) atoms. The molecule has 4 aromatic rings. The number of benzene rings is 3. The maximum atomic E-state index is 13.2. The van der Waals surface area contributed by atoms with Crippen LogP contribution >= 0.6 is 11.8 Å². The number of hydrogen-bond acceptors (Lipinski definition) is 5. The Morgan fingerprint density at radius 3 is 2.58 bits per heavy atom. The van der Waals surface area contributed by atoms with Gasteiger partial charge in [-0.3, -0.25) is 9.59 Å². The number of amides is 1. The van der Waals surface area contributed by atoms with E-state index in [1.807, 2.05) is 84.3 Å². The first-order chi connectivity index (χ1) is 16.0. The first-order valence-electron chi connectivity index (χ1n) is 10.9. The van der Waals surface area contributed by atoms with Crippen LogP contribution in [-0.4, -0.2) is 20.7 Å². The maximum Gasteiger partial charge on any atom is 0.275 e. The number of nitrogens with zero attached hydrogens (tertiary/aromatic N) is 2. The van der Waals surface area contributed by atoms with Crippen molar-refractivity contribution in [2.45, 2.75) is 36.7 Å². The van der Waals surface area contributed by atoms with Crippen molar-refractivity contribution in [3.05, 3.63) is 94.8 Å². The van der Waals surface area contributed by atoms with Crippen LogP contribution in [-0.2, 0) is 17.8 Å². The lowest BCUT2D eigenvalue weighted by atomic mass is 10.1. The van der Waals surface area contributed by atoms with Gasteiger partial charge in [-0.05, 0) is 29.9 Å². The van der Waals surface area contributed by atoms with E-state index in [1.54, 1.807) is 0 Å². The van der Waals surface area contributed by atoms with E-state index in [0.717, 1.165) is 28.4 Å². The molecule has 0 aliphatic rings. The van der Waals surface area contributed by atoms with Gasteiger partial charge in [0.15, 0.2) is 5.16 Å². The summed E-state index contributed by atoms with van der Waals surface area (Å²) < 4.78 is 1.81. The Morgan fingerprint density at radius 1 is 1.06 bits per heavy atom. The molecule has 0 spiro atoms. The lowest BCUT2D eigenvalue weighted by Gasteiger charge is -2.19. The summed E-state index contributed by atoms with van der Waals surface area (Å²) in [5.74, 6) is 0.211. The predicted octanol–water partition coefficient (Wildman–Crippen LogP) is 4.73. The Kier molecular flexibility index (Phi) is 7.10. The minimum absolute atomic E-state index is 0.134. The fourth-order valence-electron chi connectivity index (χ4n) is 3.70. The number of fused-ring (bicyclic) bond motifs is 1. The smallest absolute Gasteiger partial charge is 0.275 e. The van der Waals surface area contributed by atoms with Crippen molar-refractivity contribution in [1.29, 1.82) is 0 Å². The molecule has 6 nitrogen and oxygen atoms in total. The minimum Gasteiger partial charge on any atom is -0.385 e. The van der Waals surface area contributed by atoms with Crippen LogP contribution in [0.25, 0.3) is 10.8 Å². The summed E-state index contributed by atoms with van der Waals surface area (Å²) in [7, 11) is 0. The average Bonchev–Trinajstić information content (AvgIpc) is 2.82. The van der Waals surface area contributed by atoms with Gasteiger partial charge >= 0.3 is 0 Å². The molecule has 168 valence electrons. The second-order valence-electron chi connectivity index (χ2n) is 7.72. The highest BCUT2D eigenvalue weighted by molar-refractivity contribution is 8.00. The van der Waals surface area contributed by atoms with E-state index >= 15 is 0 Å². The Hall–Kier alpha value is -3.58. The van der Waals surface area contributed by atoms with Crippen LogP contribution in [0.1, 0.15) is 18.9 Å². The summed E-state index contributed by atoms with van der Waals surface area (Å²) in [5.41, 5.74) is 7.69. The van der Waals surface area contributed by atoms with Crippen LogP contribution < -0.4 is 16.6 Å².